The van der Waals surface area contributed by atoms with Crippen LogP contribution in [0.2, 0.25) is 0 Å². The van der Waals surface area contributed by atoms with E-state index in [1.54, 1.807) is 0 Å². The van der Waals surface area contributed by atoms with Gasteiger partial charge in [0.05, 0.1) is 5.69 Å². The van der Waals surface area contributed by atoms with Crippen LogP contribution in [-0.2, 0) is 0 Å². The second kappa shape index (κ2) is 9.13. The van der Waals surface area contributed by atoms with Gasteiger partial charge >= 0.3 is 0 Å². The monoisotopic (exact) mass is 553 g/mol. The zero-order chi connectivity index (χ0) is 27.6. The molecule has 3 heterocycles. The summed E-state index contributed by atoms with van der Waals surface area (Å²) in [7, 11) is 0. The summed E-state index contributed by atoms with van der Waals surface area (Å²) in [5.74, 6) is 0. The van der Waals surface area contributed by atoms with E-state index in [-0.39, 0.29) is 0 Å². The Labute approximate surface area is 246 Å². The van der Waals surface area contributed by atoms with Gasteiger partial charge in [0.15, 0.2) is 0 Å². The molecule has 2 nitrogen and oxygen atoms in total. The first-order chi connectivity index (χ1) is 20.8. The number of furan rings is 1. The van der Waals surface area contributed by atoms with E-state index in [1.165, 1.54) is 42.1 Å². The topological polar surface area (TPSA) is 26.0 Å². The van der Waals surface area contributed by atoms with Crippen molar-refractivity contribution < 1.29 is 4.42 Å². The van der Waals surface area contributed by atoms with Gasteiger partial charge in [-0.3, -0.25) is 4.98 Å². The Morgan fingerprint density at radius 1 is 0.500 bits per heavy atom. The summed E-state index contributed by atoms with van der Waals surface area (Å²) in [6, 6.07) is 47.4. The second-order valence-corrected chi connectivity index (χ2v) is 11.8. The molecule has 0 saturated heterocycles. The molecule has 0 unspecified atom stereocenters. The SMILES string of the molecule is c1ccc(-c2cccc3c2oc2c3ccc3sc4c(-c5cccc(-c6nccc7ccccc67)c5)cccc4c32)cc1. The molecule has 0 spiro atoms. The smallest absolute Gasteiger partial charge is 0.144 e. The van der Waals surface area contributed by atoms with Crippen molar-refractivity contribution in [2.75, 3.05) is 0 Å². The standard InChI is InChI=1S/C39H23NOS/c1-2-9-24(10-3-1)29-15-7-17-31-32-19-20-34-35(38(32)41-37(29)31)33-18-8-16-30(39(33)42-34)26-12-6-13-27(23-26)36-28-14-5-4-11-25(28)21-22-40-36/h1-23H. The fourth-order valence-corrected chi connectivity index (χ4v) is 7.63. The quantitative estimate of drug-likeness (QED) is 0.217. The van der Waals surface area contributed by atoms with E-state index in [2.05, 4.69) is 133 Å². The van der Waals surface area contributed by atoms with Gasteiger partial charge in [0.25, 0.3) is 0 Å². The number of thiophene rings is 1. The molecule has 3 heteroatoms. The van der Waals surface area contributed by atoms with Crippen LogP contribution in [0.25, 0.3) is 86.4 Å². The predicted molar refractivity (Wildman–Crippen MR) is 178 cm³/mol. The lowest BCUT2D eigenvalue weighted by Gasteiger charge is -2.09. The van der Waals surface area contributed by atoms with Crippen LogP contribution in [0.3, 0.4) is 0 Å². The molecule has 0 radical (unpaired) electrons. The molecular formula is C39H23NOS. The molecule has 0 aliphatic heterocycles. The molecule has 0 saturated carbocycles. The number of nitrogens with zero attached hydrogens (tertiary/aromatic N) is 1. The van der Waals surface area contributed by atoms with Gasteiger partial charge in [-0.1, -0.05) is 109 Å². The molecule has 9 aromatic rings. The molecule has 3 aromatic heterocycles. The summed E-state index contributed by atoms with van der Waals surface area (Å²) in [4.78, 5) is 4.78. The first-order valence-corrected chi connectivity index (χ1v) is 14.9. The van der Waals surface area contributed by atoms with Crippen molar-refractivity contribution in [2.45, 2.75) is 0 Å². The highest BCUT2D eigenvalue weighted by Crippen LogP contribution is 2.46. The Bertz CT molecular complexity index is 2460. The number of pyridine rings is 1. The van der Waals surface area contributed by atoms with Crippen molar-refractivity contribution in [2.24, 2.45) is 0 Å². The number of benzene rings is 6. The Morgan fingerprint density at radius 2 is 1.21 bits per heavy atom. The first kappa shape index (κ1) is 23.5. The van der Waals surface area contributed by atoms with Crippen molar-refractivity contribution in [3.8, 4) is 33.5 Å². The van der Waals surface area contributed by atoms with Gasteiger partial charge < -0.3 is 4.42 Å². The molecule has 9 rings (SSSR count). The number of para-hydroxylation sites is 1. The highest BCUT2D eigenvalue weighted by atomic mass is 32.1. The normalized spacial score (nSPS) is 11.8. The van der Waals surface area contributed by atoms with Gasteiger partial charge in [-0.25, -0.2) is 0 Å². The number of hydrogen-bond donors (Lipinski definition) is 0. The molecule has 0 fully saturated rings. The molecule has 0 N–H and O–H groups in total. The maximum Gasteiger partial charge on any atom is 0.144 e. The van der Waals surface area contributed by atoms with Crippen LogP contribution in [0.1, 0.15) is 0 Å². The van der Waals surface area contributed by atoms with Crippen LogP contribution < -0.4 is 0 Å². The van der Waals surface area contributed by atoms with Crippen LogP contribution in [0.5, 0.6) is 0 Å². The molecule has 0 aliphatic rings. The molecule has 0 aliphatic carbocycles. The molecule has 0 bridgehead atoms. The van der Waals surface area contributed by atoms with Crippen molar-refractivity contribution in [3.05, 3.63) is 140 Å². The third-order valence-electron chi connectivity index (χ3n) is 8.33. The summed E-state index contributed by atoms with van der Waals surface area (Å²) in [6.07, 6.45) is 1.90. The zero-order valence-corrected chi connectivity index (χ0v) is 23.4. The third-order valence-corrected chi connectivity index (χ3v) is 9.53. The van der Waals surface area contributed by atoms with Gasteiger partial charge in [-0.15, -0.1) is 11.3 Å². The highest BCUT2D eigenvalue weighted by molar-refractivity contribution is 7.26. The van der Waals surface area contributed by atoms with Gasteiger partial charge in [-0.05, 0) is 46.3 Å². The summed E-state index contributed by atoms with van der Waals surface area (Å²) < 4.78 is 9.28. The largest absolute Gasteiger partial charge is 0.455 e. The lowest BCUT2D eigenvalue weighted by atomic mass is 9.97. The summed E-state index contributed by atoms with van der Waals surface area (Å²) in [5.41, 5.74) is 8.73. The molecule has 196 valence electrons. The molecule has 0 atom stereocenters. The summed E-state index contributed by atoms with van der Waals surface area (Å²) in [6.45, 7) is 0. The van der Waals surface area contributed by atoms with E-state index < -0.39 is 0 Å². The summed E-state index contributed by atoms with van der Waals surface area (Å²) in [5, 5.41) is 7.09. The van der Waals surface area contributed by atoms with E-state index in [9.17, 15) is 0 Å². The van der Waals surface area contributed by atoms with Crippen LogP contribution in [0.4, 0.5) is 0 Å². The Morgan fingerprint density at radius 3 is 2.14 bits per heavy atom. The number of aromatic nitrogens is 1. The number of hydrogen-bond acceptors (Lipinski definition) is 3. The maximum absolute atomic E-state index is 6.78. The second-order valence-electron chi connectivity index (χ2n) is 10.7. The fourth-order valence-electron chi connectivity index (χ4n) is 6.39. The zero-order valence-electron chi connectivity index (χ0n) is 22.5. The summed E-state index contributed by atoms with van der Waals surface area (Å²) >= 11 is 1.84. The van der Waals surface area contributed by atoms with E-state index in [1.807, 2.05) is 17.5 Å². The third kappa shape index (κ3) is 3.47. The van der Waals surface area contributed by atoms with E-state index in [0.717, 1.165) is 44.3 Å². The number of fused-ring (bicyclic) bond motifs is 8. The first-order valence-electron chi connectivity index (χ1n) is 14.1. The van der Waals surface area contributed by atoms with Crippen LogP contribution >= 0.6 is 11.3 Å². The molecule has 6 aromatic carbocycles. The van der Waals surface area contributed by atoms with Gasteiger partial charge in [0, 0.05) is 53.7 Å². The van der Waals surface area contributed by atoms with Crippen molar-refractivity contribution in [1.82, 2.24) is 4.98 Å². The lowest BCUT2D eigenvalue weighted by molar-refractivity contribution is 0.674. The van der Waals surface area contributed by atoms with E-state index >= 15 is 0 Å². The fraction of sp³-hybridized carbons (Fsp3) is 0. The van der Waals surface area contributed by atoms with Crippen molar-refractivity contribution in [3.63, 3.8) is 0 Å². The van der Waals surface area contributed by atoms with Crippen LogP contribution in [-0.4, -0.2) is 4.98 Å². The predicted octanol–water partition coefficient (Wildman–Crippen LogP) is 11.5. The lowest BCUT2D eigenvalue weighted by Crippen LogP contribution is -1.87. The van der Waals surface area contributed by atoms with E-state index in [4.69, 9.17) is 9.40 Å². The Balaban J connectivity index is 1.27. The average Bonchev–Trinajstić information content (AvgIpc) is 3.63. The highest BCUT2D eigenvalue weighted by Gasteiger charge is 2.19. The minimum Gasteiger partial charge on any atom is -0.455 e. The average molecular weight is 554 g/mol. The van der Waals surface area contributed by atoms with Gasteiger partial charge in [0.2, 0.25) is 0 Å². The van der Waals surface area contributed by atoms with E-state index in [0.29, 0.717) is 0 Å². The number of rotatable bonds is 3. The minimum atomic E-state index is 0.942. The Kier molecular flexibility index (Phi) is 5.10. The van der Waals surface area contributed by atoms with Crippen LogP contribution in [0, 0.1) is 0 Å². The Hall–Kier alpha value is -5.25. The molecule has 0 amide bonds. The maximum atomic E-state index is 6.78. The van der Waals surface area contributed by atoms with Gasteiger partial charge in [-0.2, -0.15) is 0 Å². The molecular weight excluding hydrogens is 531 g/mol. The van der Waals surface area contributed by atoms with Crippen molar-refractivity contribution >= 4 is 64.2 Å². The minimum absolute atomic E-state index is 0.942. The molecule has 42 heavy (non-hydrogen) atoms. The van der Waals surface area contributed by atoms with Gasteiger partial charge in [0.1, 0.15) is 11.2 Å². The van der Waals surface area contributed by atoms with Crippen molar-refractivity contribution in [1.29, 1.82) is 0 Å². The van der Waals surface area contributed by atoms with Crippen LogP contribution in [0.15, 0.2) is 144 Å².